The van der Waals surface area contributed by atoms with Gasteiger partial charge in [0.25, 0.3) is 5.91 Å². The number of ether oxygens (including phenoxy) is 2. The molecule has 0 radical (unpaired) electrons. The molecule has 0 aliphatic rings. The van der Waals surface area contributed by atoms with Gasteiger partial charge in [-0.05, 0) is 72.4 Å². The van der Waals surface area contributed by atoms with Crippen LogP contribution in [-0.4, -0.2) is 18.7 Å². The second kappa shape index (κ2) is 11.1. The molecular formula is C27H30N2O3. The number of hydrogen-bond donors (Lipinski definition) is 1. The monoisotopic (exact) mass is 430 g/mol. The summed E-state index contributed by atoms with van der Waals surface area (Å²) < 4.78 is 11.5. The molecule has 166 valence electrons. The fraction of sp³-hybridized carbons (Fsp3) is 0.259. The van der Waals surface area contributed by atoms with E-state index in [4.69, 9.17) is 9.47 Å². The van der Waals surface area contributed by atoms with Crippen LogP contribution in [0.2, 0.25) is 0 Å². The van der Waals surface area contributed by atoms with Crippen molar-refractivity contribution >= 4 is 12.1 Å². The van der Waals surface area contributed by atoms with Crippen molar-refractivity contribution in [1.82, 2.24) is 5.43 Å². The summed E-state index contributed by atoms with van der Waals surface area (Å²) in [6.07, 6.45) is 1.59. The lowest BCUT2D eigenvalue weighted by Crippen LogP contribution is -2.24. The Balaban J connectivity index is 1.44. The van der Waals surface area contributed by atoms with Crippen molar-refractivity contribution in [3.8, 4) is 11.5 Å². The molecule has 0 unspecified atom stereocenters. The second-order valence-corrected chi connectivity index (χ2v) is 8.10. The fourth-order valence-corrected chi connectivity index (χ4v) is 2.99. The Hall–Kier alpha value is -3.60. The molecule has 0 fully saturated rings. The molecule has 0 saturated heterocycles. The van der Waals surface area contributed by atoms with E-state index >= 15 is 0 Å². The summed E-state index contributed by atoms with van der Waals surface area (Å²) in [5.74, 6) is 1.58. The molecule has 1 N–H and O–H groups in total. The van der Waals surface area contributed by atoms with E-state index in [1.54, 1.807) is 6.21 Å². The van der Waals surface area contributed by atoms with E-state index in [1.165, 1.54) is 11.1 Å². The van der Waals surface area contributed by atoms with Gasteiger partial charge in [-0.15, -0.1) is 0 Å². The van der Waals surface area contributed by atoms with Gasteiger partial charge in [0.1, 0.15) is 18.1 Å². The summed E-state index contributed by atoms with van der Waals surface area (Å²) in [6.45, 7) is 8.70. The van der Waals surface area contributed by atoms with Crippen molar-refractivity contribution in [1.29, 1.82) is 0 Å². The molecular weight excluding hydrogens is 400 g/mol. The molecule has 5 nitrogen and oxygen atoms in total. The molecule has 0 atom stereocenters. The smallest absolute Gasteiger partial charge is 0.277 e. The van der Waals surface area contributed by atoms with Gasteiger partial charge in [0.2, 0.25) is 0 Å². The van der Waals surface area contributed by atoms with Crippen LogP contribution in [0.25, 0.3) is 0 Å². The van der Waals surface area contributed by atoms with Crippen LogP contribution in [0.1, 0.15) is 47.6 Å². The second-order valence-electron chi connectivity index (χ2n) is 8.10. The van der Waals surface area contributed by atoms with E-state index in [-0.39, 0.29) is 12.5 Å². The van der Waals surface area contributed by atoms with Crippen LogP contribution in [0.5, 0.6) is 11.5 Å². The summed E-state index contributed by atoms with van der Waals surface area (Å²) in [6, 6.07) is 21.9. The van der Waals surface area contributed by atoms with E-state index in [0.29, 0.717) is 12.5 Å². The highest BCUT2D eigenvalue weighted by Crippen LogP contribution is 2.24. The van der Waals surface area contributed by atoms with E-state index in [0.717, 1.165) is 28.2 Å². The number of nitrogens with zero attached hydrogens (tertiary/aromatic N) is 1. The Morgan fingerprint density at radius 3 is 2.38 bits per heavy atom. The highest BCUT2D eigenvalue weighted by molar-refractivity contribution is 5.83. The molecule has 3 rings (SSSR count). The number of carbonyl (C=O) groups excluding carboxylic acids is 1. The summed E-state index contributed by atoms with van der Waals surface area (Å²) in [5.41, 5.74) is 7.88. The third-order valence-electron chi connectivity index (χ3n) is 5.05. The predicted molar refractivity (Wildman–Crippen MR) is 128 cm³/mol. The van der Waals surface area contributed by atoms with Crippen molar-refractivity contribution in [2.75, 3.05) is 6.61 Å². The standard InChI is InChI=1S/C27H30N2O3/c1-19(2)24-12-7-21(4)26(15-24)32-18-27(30)29-28-16-22-10-13-25(14-11-22)31-17-23-8-5-20(3)6-9-23/h5-16,19H,17-18H2,1-4H3,(H,29,30)/b28-16+. The van der Waals surface area contributed by atoms with Gasteiger partial charge in [-0.1, -0.05) is 55.8 Å². The normalized spacial score (nSPS) is 11.0. The average molecular weight is 431 g/mol. The van der Waals surface area contributed by atoms with Crippen LogP contribution in [0, 0.1) is 13.8 Å². The van der Waals surface area contributed by atoms with Gasteiger partial charge in [0, 0.05) is 0 Å². The van der Waals surface area contributed by atoms with Crippen molar-refractivity contribution in [2.24, 2.45) is 5.10 Å². The molecule has 0 aromatic heterocycles. The Bertz CT molecular complexity index is 1060. The Morgan fingerprint density at radius 1 is 0.969 bits per heavy atom. The zero-order valence-corrected chi connectivity index (χ0v) is 19.1. The lowest BCUT2D eigenvalue weighted by Gasteiger charge is -2.12. The molecule has 0 aliphatic carbocycles. The molecule has 0 saturated carbocycles. The maximum absolute atomic E-state index is 12.1. The molecule has 0 aliphatic heterocycles. The van der Waals surface area contributed by atoms with Gasteiger partial charge in [-0.25, -0.2) is 5.43 Å². The molecule has 32 heavy (non-hydrogen) atoms. The van der Waals surface area contributed by atoms with E-state index in [9.17, 15) is 4.79 Å². The maximum atomic E-state index is 12.1. The molecule has 3 aromatic rings. The zero-order valence-electron chi connectivity index (χ0n) is 19.1. The SMILES string of the molecule is Cc1ccc(COc2ccc(/C=N/NC(=O)COc3cc(C(C)C)ccc3C)cc2)cc1. The van der Waals surface area contributed by atoms with Gasteiger partial charge in [-0.3, -0.25) is 4.79 Å². The number of amides is 1. The van der Waals surface area contributed by atoms with Crippen molar-refractivity contribution in [3.05, 3.63) is 94.5 Å². The van der Waals surface area contributed by atoms with Gasteiger partial charge in [0.05, 0.1) is 6.21 Å². The number of rotatable bonds is 9. The van der Waals surface area contributed by atoms with E-state index in [2.05, 4.69) is 61.6 Å². The summed E-state index contributed by atoms with van der Waals surface area (Å²) in [5, 5.41) is 4.01. The van der Waals surface area contributed by atoms with Gasteiger partial charge in [0.15, 0.2) is 6.61 Å². The molecule has 0 heterocycles. The third kappa shape index (κ3) is 6.98. The third-order valence-corrected chi connectivity index (χ3v) is 5.05. The van der Waals surface area contributed by atoms with Crippen LogP contribution in [0.3, 0.4) is 0 Å². The Kier molecular flexibility index (Phi) is 8.03. The summed E-state index contributed by atoms with van der Waals surface area (Å²) >= 11 is 0. The molecule has 1 amide bonds. The number of hydrogen-bond acceptors (Lipinski definition) is 4. The Morgan fingerprint density at radius 2 is 1.69 bits per heavy atom. The molecule has 3 aromatic carbocycles. The van der Waals surface area contributed by atoms with Crippen LogP contribution in [0.15, 0.2) is 71.8 Å². The number of carbonyl (C=O) groups is 1. The fourth-order valence-electron chi connectivity index (χ4n) is 2.99. The summed E-state index contributed by atoms with van der Waals surface area (Å²) in [4.78, 5) is 12.1. The number of hydrazone groups is 1. The minimum atomic E-state index is -0.311. The number of benzene rings is 3. The van der Waals surface area contributed by atoms with Gasteiger partial charge >= 0.3 is 0 Å². The van der Waals surface area contributed by atoms with Gasteiger partial charge < -0.3 is 9.47 Å². The van der Waals surface area contributed by atoms with Crippen molar-refractivity contribution in [2.45, 2.75) is 40.2 Å². The van der Waals surface area contributed by atoms with E-state index in [1.807, 2.05) is 43.3 Å². The topological polar surface area (TPSA) is 59.9 Å². The first kappa shape index (κ1) is 23.1. The quantitative estimate of drug-likeness (QED) is 0.358. The van der Waals surface area contributed by atoms with Crippen LogP contribution < -0.4 is 14.9 Å². The van der Waals surface area contributed by atoms with Crippen molar-refractivity contribution < 1.29 is 14.3 Å². The van der Waals surface area contributed by atoms with Crippen molar-refractivity contribution in [3.63, 3.8) is 0 Å². The van der Waals surface area contributed by atoms with Crippen LogP contribution in [-0.2, 0) is 11.4 Å². The first-order valence-corrected chi connectivity index (χ1v) is 10.7. The molecule has 0 bridgehead atoms. The summed E-state index contributed by atoms with van der Waals surface area (Å²) in [7, 11) is 0. The lowest BCUT2D eigenvalue weighted by atomic mass is 10.0. The minimum Gasteiger partial charge on any atom is -0.489 e. The first-order valence-electron chi connectivity index (χ1n) is 10.7. The highest BCUT2D eigenvalue weighted by Gasteiger charge is 2.07. The maximum Gasteiger partial charge on any atom is 0.277 e. The Labute approximate surface area is 190 Å². The predicted octanol–water partition coefficient (Wildman–Crippen LogP) is 5.53. The van der Waals surface area contributed by atoms with Crippen LogP contribution >= 0.6 is 0 Å². The van der Waals surface area contributed by atoms with Gasteiger partial charge in [-0.2, -0.15) is 5.10 Å². The average Bonchev–Trinajstić information content (AvgIpc) is 2.79. The molecule has 5 heteroatoms. The number of nitrogens with one attached hydrogen (secondary N) is 1. The highest BCUT2D eigenvalue weighted by atomic mass is 16.5. The van der Waals surface area contributed by atoms with Crippen LogP contribution in [0.4, 0.5) is 0 Å². The largest absolute Gasteiger partial charge is 0.489 e. The minimum absolute atomic E-state index is 0.0917. The van der Waals surface area contributed by atoms with E-state index < -0.39 is 0 Å². The zero-order chi connectivity index (χ0) is 22.9. The number of aryl methyl sites for hydroxylation is 2. The molecule has 0 spiro atoms. The lowest BCUT2D eigenvalue weighted by molar-refractivity contribution is -0.123. The first-order chi connectivity index (χ1) is 15.4.